The highest BCUT2D eigenvalue weighted by atomic mass is 16.1. The van der Waals surface area contributed by atoms with E-state index >= 15 is 0 Å². The first kappa shape index (κ1) is 9.60. The Bertz CT molecular complexity index is 556. The van der Waals surface area contributed by atoms with E-state index in [1.165, 1.54) is 22.2 Å². The zero-order valence-electron chi connectivity index (χ0n) is 9.21. The number of H-pyrrole nitrogens is 1. The lowest BCUT2D eigenvalue weighted by Crippen LogP contribution is -2.40. The average Bonchev–Trinajstić information content (AvgIpc) is 2.66. The number of aromatic amines is 1. The van der Waals surface area contributed by atoms with Crippen LogP contribution in [0.3, 0.4) is 0 Å². The number of fused-ring (bicyclic) bond motifs is 3. The van der Waals surface area contributed by atoms with Crippen molar-refractivity contribution in [2.24, 2.45) is 0 Å². The van der Waals surface area contributed by atoms with Gasteiger partial charge in [-0.1, -0.05) is 18.2 Å². The molecule has 3 heteroatoms. The van der Waals surface area contributed by atoms with Crippen molar-refractivity contribution in [3.63, 3.8) is 0 Å². The predicted octanol–water partition coefficient (Wildman–Crippen LogP) is 1.77. The number of ketones is 1. The fourth-order valence-corrected chi connectivity index (χ4v) is 2.43. The van der Waals surface area contributed by atoms with Gasteiger partial charge in [-0.05, 0) is 25.0 Å². The molecule has 0 fully saturated rings. The van der Waals surface area contributed by atoms with Crippen LogP contribution in [0.5, 0.6) is 0 Å². The largest absolute Gasteiger partial charge is 0.357 e. The third kappa shape index (κ3) is 1.36. The molecule has 2 aromatic rings. The number of aromatic nitrogens is 1. The minimum atomic E-state index is -0.0216. The van der Waals surface area contributed by atoms with Crippen molar-refractivity contribution >= 4 is 16.7 Å². The molecule has 82 valence electrons. The highest BCUT2D eigenvalue weighted by molar-refractivity contribution is 5.87. The summed E-state index contributed by atoms with van der Waals surface area (Å²) in [5.74, 6) is 0.218. The van der Waals surface area contributed by atoms with Crippen LogP contribution in [0.4, 0.5) is 0 Å². The van der Waals surface area contributed by atoms with Gasteiger partial charge in [0.15, 0.2) is 0 Å². The molecule has 1 unspecified atom stereocenters. The zero-order valence-corrected chi connectivity index (χ0v) is 9.21. The summed E-state index contributed by atoms with van der Waals surface area (Å²) in [6, 6.07) is 8.25. The molecule has 2 N–H and O–H groups in total. The highest BCUT2D eigenvalue weighted by Gasteiger charge is 2.24. The van der Waals surface area contributed by atoms with Crippen molar-refractivity contribution in [1.82, 2.24) is 10.3 Å². The van der Waals surface area contributed by atoms with Crippen LogP contribution in [0.25, 0.3) is 10.9 Å². The summed E-state index contributed by atoms with van der Waals surface area (Å²) in [7, 11) is 0. The Hall–Kier alpha value is -1.61. The normalized spacial score (nSPS) is 19.7. The van der Waals surface area contributed by atoms with Gasteiger partial charge in [-0.25, -0.2) is 0 Å². The fraction of sp³-hybridized carbons (Fsp3) is 0.308. The maximum Gasteiger partial charge on any atom is 0.147 e. The topological polar surface area (TPSA) is 44.9 Å². The van der Waals surface area contributed by atoms with E-state index in [9.17, 15) is 4.79 Å². The average molecular weight is 214 g/mol. The van der Waals surface area contributed by atoms with Crippen LogP contribution in [-0.2, 0) is 17.8 Å². The molecule has 0 radical (unpaired) electrons. The number of para-hydroxylation sites is 1. The molecule has 0 saturated heterocycles. The summed E-state index contributed by atoms with van der Waals surface area (Å²) in [4.78, 5) is 14.8. The van der Waals surface area contributed by atoms with Crippen molar-refractivity contribution in [2.45, 2.75) is 25.9 Å². The van der Waals surface area contributed by atoms with E-state index in [1.54, 1.807) is 6.92 Å². The Morgan fingerprint density at radius 3 is 3.00 bits per heavy atom. The van der Waals surface area contributed by atoms with Crippen molar-refractivity contribution in [1.29, 1.82) is 0 Å². The molecule has 0 aliphatic carbocycles. The van der Waals surface area contributed by atoms with Gasteiger partial charge >= 0.3 is 0 Å². The summed E-state index contributed by atoms with van der Waals surface area (Å²) < 4.78 is 0. The second kappa shape index (κ2) is 3.46. The summed E-state index contributed by atoms with van der Waals surface area (Å²) in [5.41, 5.74) is 3.69. The Morgan fingerprint density at radius 2 is 2.19 bits per heavy atom. The molecule has 1 aromatic heterocycles. The molecular weight excluding hydrogens is 200 g/mol. The first-order valence-electron chi connectivity index (χ1n) is 5.58. The number of carbonyl (C=O) groups is 1. The van der Waals surface area contributed by atoms with E-state index in [1.807, 2.05) is 12.1 Å². The van der Waals surface area contributed by atoms with E-state index < -0.39 is 0 Å². The van der Waals surface area contributed by atoms with Gasteiger partial charge < -0.3 is 10.3 Å². The number of nitrogens with one attached hydrogen (secondary N) is 2. The van der Waals surface area contributed by atoms with Gasteiger partial charge in [0.2, 0.25) is 0 Å². The maximum absolute atomic E-state index is 11.4. The Morgan fingerprint density at radius 1 is 1.38 bits per heavy atom. The standard InChI is InChI=1S/C13H14N2O/c1-8(16)12-6-10-9-4-2-3-5-11(9)15-13(10)7-14-12/h2-5,12,14-15H,6-7H2,1H3. The number of hydrogen-bond donors (Lipinski definition) is 2. The van der Waals surface area contributed by atoms with Crippen molar-refractivity contribution < 1.29 is 4.79 Å². The van der Waals surface area contributed by atoms with E-state index in [0.717, 1.165) is 13.0 Å². The third-order valence-corrected chi connectivity index (χ3v) is 3.33. The lowest BCUT2D eigenvalue weighted by molar-refractivity contribution is -0.119. The molecule has 1 aromatic carbocycles. The number of Topliss-reactive ketones (excluding diaryl/α,β-unsaturated/α-hetero) is 1. The predicted molar refractivity (Wildman–Crippen MR) is 63.3 cm³/mol. The number of carbonyl (C=O) groups excluding carboxylic acids is 1. The SMILES string of the molecule is CC(=O)C1Cc2c([nH]c3ccccc23)CN1. The van der Waals surface area contributed by atoms with Gasteiger partial charge in [-0.2, -0.15) is 0 Å². The minimum Gasteiger partial charge on any atom is -0.357 e. The maximum atomic E-state index is 11.4. The lowest BCUT2D eigenvalue weighted by atomic mass is 9.96. The molecule has 0 amide bonds. The van der Waals surface area contributed by atoms with Crippen LogP contribution >= 0.6 is 0 Å². The second-order valence-corrected chi connectivity index (χ2v) is 4.38. The minimum absolute atomic E-state index is 0.0216. The number of hydrogen-bond acceptors (Lipinski definition) is 2. The smallest absolute Gasteiger partial charge is 0.147 e. The van der Waals surface area contributed by atoms with Gasteiger partial charge in [0, 0.05) is 23.1 Å². The molecule has 16 heavy (non-hydrogen) atoms. The second-order valence-electron chi connectivity index (χ2n) is 4.38. The van der Waals surface area contributed by atoms with Crippen LogP contribution in [0.2, 0.25) is 0 Å². The monoisotopic (exact) mass is 214 g/mol. The van der Waals surface area contributed by atoms with E-state index in [2.05, 4.69) is 22.4 Å². The van der Waals surface area contributed by atoms with Crippen molar-refractivity contribution in [3.05, 3.63) is 35.5 Å². The highest BCUT2D eigenvalue weighted by Crippen LogP contribution is 2.26. The molecule has 0 saturated carbocycles. The first-order valence-corrected chi connectivity index (χ1v) is 5.58. The molecule has 1 atom stereocenters. The molecule has 0 spiro atoms. The summed E-state index contributed by atoms with van der Waals surface area (Å²) in [5, 5.41) is 4.51. The third-order valence-electron chi connectivity index (χ3n) is 3.33. The van der Waals surface area contributed by atoms with Gasteiger partial charge in [0.1, 0.15) is 5.78 Å². The fourth-order valence-electron chi connectivity index (χ4n) is 2.43. The van der Waals surface area contributed by atoms with Crippen LogP contribution < -0.4 is 5.32 Å². The Kier molecular flexibility index (Phi) is 2.07. The Balaban J connectivity index is 2.11. The van der Waals surface area contributed by atoms with Crippen LogP contribution in [0, 0.1) is 0 Å². The first-order chi connectivity index (χ1) is 7.75. The molecule has 3 rings (SSSR count). The van der Waals surface area contributed by atoms with Gasteiger partial charge in [0.25, 0.3) is 0 Å². The van der Waals surface area contributed by atoms with Crippen LogP contribution in [0.1, 0.15) is 18.2 Å². The van der Waals surface area contributed by atoms with E-state index in [4.69, 9.17) is 0 Å². The lowest BCUT2D eigenvalue weighted by Gasteiger charge is -2.21. The Labute approximate surface area is 93.9 Å². The van der Waals surface area contributed by atoms with Crippen LogP contribution in [0.15, 0.2) is 24.3 Å². The molecule has 0 bridgehead atoms. The van der Waals surface area contributed by atoms with E-state index in [0.29, 0.717) is 0 Å². The van der Waals surface area contributed by atoms with Gasteiger partial charge in [0.05, 0.1) is 6.04 Å². The van der Waals surface area contributed by atoms with Crippen LogP contribution in [-0.4, -0.2) is 16.8 Å². The van der Waals surface area contributed by atoms with Crippen molar-refractivity contribution in [2.75, 3.05) is 0 Å². The summed E-state index contributed by atoms with van der Waals surface area (Å²) >= 11 is 0. The van der Waals surface area contributed by atoms with Gasteiger partial charge in [-0.3, -0.25) is 4.79 Å². The quantitative estimate of drug-likeness (QED) is 0.760. The van der Waals surface area contributed by atoms with E-state index in [-0.39, 0.29) is 11.8 Å². The molecule has 2 heterocycles. The number of rotatable bonds is 1. The molecule has 3 nitrogen and oxygen atoms in total. The van der Waals surface area contributed by atoms with Crippen molar-refractivity contribution in [3.8, 4) is 0 Å². The summed E-state index contributed by atoms with van der Waals surface area (Å²) in [6.07, 6.45) is 0.800. The van der Waals surface area contributed by atoms with Gasteiger partial charge in [-0.15, -0.1) is 0 Å². The molecule has 1 aliphatic rings. The molecule has 1 aliphatic heterocycles. The number of benzene rings is 1. The molecular formula is C13H14N2O. The summed E-state index contributed by atoms with van der Waals surface area (Å²) in [6.45, 7) is 2.41. The zero-order chi connectivity index (χ0) is 11.1.